The fourth-order valence-corrected chi connectivity index (χ4v) is 2.40. The number of para-hydroxylation sites is 1. The summed E-state index contributed by atoms with van der Waals surface area (Å²) in [4.78, 5) is 22.9. The summed E-state index contributed by atoms with van der Waals surface area (Å²) in [5, 5.41) is 16.7. The Morgan fingerprint density at radius 1 is 1.32 bits per heavy atom. The molecule has 0 fully saturated rings. The van der Waals surface area contributed by atoms with Crippen LogP contribution in [0.2, 0.25) is 0 Å². The molecule has 1 aromatic carbocycles. The smallest absolute Gasteiger partial charge is 0.321 e. The van der Waals surface area contributed by atoms with Crippen LogP contribution in [0.5, 0.6) is 0 Å². The molecule has 0 atom stereocenters. The molecule has 0 bridgehead atoms. The molecule has 9 heteroatoms. The second-order valence-corrected chi connectivity index (χ2v) is 5.30. The van der Waals surface area contributed by atoms with Crippen molar-refractivity contribution in [1.29, 1.82) is 0 Å². The van der Waals surface area contributed by atoms with E-state index < -0.39 is 11.9 Å². The van der Waals surface area contributed by atoms with Gasteiger partial charge in [0, 0.05) is 6.54 Å². The maximum absolute atomic E-state index is 11.7. The zero-order chi connectivity index (χ0) is 15.9. The number of rotatable bonds is 5. The number of aromatic nitrogens is 4. The fourth-order valence-electron chi connectivity index (χ4n) is 1.72. The van der Waals surface area contributed by atoms with E-state index in [4.69, 9.17) is 0 Å². The fraction of sp³-hybridized carbons (Fsp3) is 0.308. The Morgan fingerprint density at radius 3 is 2.82 bits per heavy atom. The zero-order valence-corrected chi connectivity index (χ0v) is 13.1. The molecule has 22 heavy (non-hydrogen) atoms. The van der Waals surface area contributed by atoms with E-state index in [9.17, 15) is 9.59 Å². The van der Waals surface area contributed by atoms with E-state index in [1.165, 1.54) is 0 Å². The average Bonchev–Trinajstić information content (AvgIpc) is 2.94. The van der Waals surface area contributed by atoms with E-state index in [2.05, 4.69) is 26.2 Å². The van der Waals surface area contributed by atoms with Gasteiger partial charge in [-0.05, 0) is 35.9 Å². The molecule has 0 radical (unpaired) electrons. The number of nitrogens with one attached hydrogen (secondary N) is 2. The molecule has 0 aliphatic heterocycles. The van der Waals surface area contributed by atoms with Gasteiger partial charge in [0.05, 0.1) is 11.4 Å². The van der Waals surface area contributed by atoms with Crippen molar-refractivity contribution in [2.75, 3.05) is 12.3 Å². The average molecular weight is 320 g/mol. The molecule has 0 saturated carbocycles. The summed E-state index contributed by atoms with van der Waals surface area (Å²) in [6.07, 6.45) is 0. The van der Waals surface area contributed by atoms with Crippen molar-refractivity contribution in [2.24, 2.45) is 0 Å². The number of thioether (sulfide) groups is 1. The number of tetrazole rings is 1. The summed E-state index contributed by atoms with van der Waals surface area (Å²) < 4.78 is 1.57. The van der Waals surface area contributed by atoms with Gasteiger partial charge in [-0.15, -0.1) is 5.10 Å². The molecule has 2 rings (SSSR count). The van der Waals surface area contributed by atoms with Crippen molar-refractivity contribution in [2.45, 2.75) is 19.0 Å². The van der Waals surface area contributed by atoms with Gasteiger partial charge in [-0.25, -0.2) is 4.79 Å². The van der Waals surface area contributed by atoms with Gasteiger partial charge in [0.1, 0.15) is 0 Å². The molecular formula is C13H16N6O2S. The minimum Gasteiger partial charge on any atom is -0.338 e. The van der Waals surface area contributed by atoms with Gasteiger partial charge in [0.15, 0.2) is 0 Å². The molecule has 0 unspecified atom stereocenters. The van der Waals surface area contributed by atoms with Crippen molar-refractivity contribution in [3.63, 3.8) is 0 Å². The summed E-state index contributed by atoms with van der Waals surface area (Å²) in [5.41, 5.74) is 1.86. The minimum absolute atomic E-state index is 0.0450. The lowest BCUT2D eigenvalue weighted by atomic mass is 10.2. The Labute approximate surface area is 131 Å². The number of nitrogens with zero attached hydrogens (tertiary/aromatic N) is 4. The molecule has 0 saturated heterocycles. The summed E-state index contributed by atoms with van der Waals surface area (Å²) >= 11 is 1.16. The first-order valence-electron chi connectivity index (χ1n) is 6.66. The monoisotopic (exact) mass is 320 g/mol. The van der Waals surface area contributed by atoms with Crippen molar-refractivity contribution in [3.8, 4) is 5.69 Å². The van der Waals surface area contributed by atoms with Crippen LogP contribution in [0.3, 0.4) is 0 Å². The van der Waals surface area contributed by atoms with E-state index in [1.807, 2.05) is 31.2 Å². The van der Waals surface area contributed by atoms with Gasteiger partial charge in [-0.3, -0.25) is 10.1 Å². The number of aryl methyl sites for hydroxylation is 1. The Balaban J connectivity index is 2.01. The number of urea groups is 1. The molecule has 0 aliphatic rings. The molecule has 2 N–H and O–H groups in total. The first kappa shape index (κ1) is 16.0. The molecule has 8 nitrogen and oxygen atoms in total. The summed E-state index contributed by atoms with van der Waals surface area (Å²) in [6, 6.07) is 7.15. The molecule has 1 heterocycles. The van der Waals surface area contributed by atoms with Crippen molar-refractivity contribution in [3.05, 3.63) is 29.8 Å². The third-order valence-corrected chi connectivity index (χ3v) is 3.63. The first-order valence-corrected chi connectivity index (χ1v) is 7.65. The lowest BCUT2D eigenvalue weighted by molar-refractivity contribution is -0.117. The van der Waals surface area contributed by atoms with E-state index in [1.54, 1.807) is 11.6 Å². The van der Waals surface area contributed by atoms with Gasteiger partial charge in [-0.2, -0.15) is 4.68 Å². The highest BCUT2D eigenvalue weighted by atomic mass is 32.2. The second kappa shape index (κ2) is 7.55. The zero-order valence-electron chi connectivity index (χ0n) is 12.2. The number of carbonyl (C=O) groups excluding carboxylic acids is 2. The maximum Gasteiger partial charge on any atom is 0.321 e. The Bertz CT molecular complexity index is 672. The van der Waals surface area contributed by atoms with Crippen LogP contribution in [0.4, 0.5) is 4.79 Å². The number of carbonyl (C=O) groups is 2. The molecular weight excluding hydrogens is 304 g/mol. The van der Waals surface area contributed by atoms with Gasteiger partial charge in [0.25, 0.3) is 0 Å². The summed E-state index contributed by atoms with van der Waals surface area (Å²) in [6.45, 7) is 4.18. The molecule has 1 aromatic heterocycles. The number of amides is 3. The molecule has 116 valence electrons. The standard InChI is InChI=1S/C13H16N6O2S/c1-3-14-12(21)15-11(20)8-22-13-16-17-18-19(13)10-7-5-4-6-9(10)2/h4-7H,3,8H2,1-2H3,(H2,14,15,20,21). The summed E-state index contributed by atoms with van der Waals surface area (Å²) in [7, 11) is 0. The van der Waals surface area contributed by atoms with Crippen molar-refractivity contribution in [1.82, 2.24) is 30.8 Å². The highest BCUT2D eigenvalue weighted by Gasteiger charge is 2.13. The van der Waals surface area contributed by atoms with Crippen molar-refractivity contribution >= 4 is 23.7 Å². The summed E-state index contributed by atoms with van der Waals surface area (Å²) in [5.74, 6) is -0.362. The van der Waals surface area contributed by atoms with E-state index in [0.717, 1.165) is 23.0 Å². The molecule has 0 aliphatic carbocycles. The van der Waals surface area contributed by atoms with Crippen LogP contribution in [0, 0.1) is 6.92 Å². The van der Waals surface area contributed by atoms with Crippen LogP contribution in [0.25, 0.3) is 5.69 Å². The van der Waals surface area contributed by atoms with Gasteiger partial charge in [-0.1, -0.05) is 30.0 Å². The SMILES string of the molecule is CCNC(=O)NC(=O)CSc1nnnn1-c1ccccc1C. The van der Waals surface area contributed by atoms with E-state index >= 15 is 0 Å². The topological polar surface area (TPSA) is 102 Å². The third-order valence-electron chi connectivity index (χ3n) is 2.71. The van der Waals surface area contributed by atoms with Gasteiger partial charge >= 0.3 is 6.03 Å². The highest BCUT2D eigenvalue weighted by molar-refractivity contribution is 7.99. The highest BCUT2D eigenvalue weighted by Crippen LogP contribution is 2.19. The lowest BCUT2D eigenvalue weighted by Crippen LogP contribution is -2.40. The molecule has 3 amide bonds. The minimum atomic E-state index is -0.508. The maximum atomic E-state index is 11.7. The number of hydrogen-bond acceptors (Lipinski definition) is 6. The number of hydrogen-bond donors (Lipinski definition) is 2. The second-order valence-electron chi connectivity index (χ2n) is 4.36. The van der Waals surface area contributed by atoms with E-state index in [0.29, 0.717) is 11.7 Å². The largest absolute Gasteiger partial charge is 0.338 e. The van der Waals surface area contributed by atoms with Crippen LogP contribution in [0.15, 0.2) is 29.4 Å². The van der Waals surface area contributed by atoms with Gasteiger partial charge < -0.3 is 5.32 Å². The lowest BCUT2D eigenvalue weighted by Gasteiger charge is -2.07. The Morgan fingerprint density at radius 2 is 2.09 bits per heavy atom. The van der Waals surface area contributed by atoms with Crippen molar-refractivity contribution < 1.29 is 9.59 Å². The van der Waals surface area contributed by atoms with Crippen LogP contribution >= 0.6 is 11.8 Å². The first-order chi connectivity index (χ1) is 10.6. The Hall–Kier alpha value is -2.42. The van der Waals surface area contributed by atoms with Crippen LogP contribution in [-0.4, -0.2) is 44.4 Å². The molecule has 2 aromatic rings. The number of benzene rings is 1. The Kier molecular flexibility index (Phi) is 5.48. The quantitative estimate of drug-likeness (QED) is 0.794. The third kappa shape index (κ3) is 4.04. The van der Waals surface area contributed by atoms with E-state index in [-0.39, 0.29) is 5.75 Å². The predicted molar refractivity (Wildman–Crippen MR) is 81.8 cm³/mol. The van der Waals surface area contributed by atoms with Crippen LogP contribution < -0.4 is 10.6 Å². The van der Waals surface area contributed by atoms with Gasteiger partial charge in [0.2, 0.25) is 11.1 Å². The normalized spacial score (nSPS) is 10.3. The van der Waals surface area contributed by atoms with Crippen LogP contribution in [-0.2, 0) is 4.79 Å². The molecule has 0 spiro atoms. The van der Waals surface area contributed by atoms with Crippen LogP contribution in [0.1, 0.15) is 12.5 Å². The predicted octanol–water partition coefficient (Wildman–Crippen LogP) is 0.909. The number of imide groups is 1.